The van der Waals surface area contributed by atoms with Crippen LogP contribution in [-0.4, -0.2) is 42.0 Å². The fourth-order valence-electron chi connectivity index (χ4n) is 1.51. The summed E-state index contributed by atoms with van der Waals surface area (Å²) < 4.78 is 10.9. The summed E-state index contributed by atoms with van der Waals surface area (Å²) in [4.78, 5) is 0. The molecule has 0 radical (unpaired) electrons. The van der Waals surface area contributed by atoms with Crippen LogP contribution in [0.1, 0.15) is 19.3 Å². The maximum Gasteiger partial charge on any atom is 0.335 e. The average Bonchev–Trinajstić information content (AvgIpc) is 2.28. The van der Waals surface area contributed by atoms with Crippen LogP contribution in [0.3, 0.4) is 0 Å². The van der Waals surface area contributed by atoms with E-state index in [0.717, 1.165) is 25.6 Å². The lowest BCUT2D eigenvalue weighted by molar-refractivity contribution is 0.209. The summed E-state index contributed by atoms with van der Waals surface area (Å²) in [6.07, 6.45) is 3.51. The molecule has 1 unspecified atom stereocenters. The van der Waals surface area contributed by atoms with Crippen molar-refractivity contribution in [1.29, 1.82) is 0 Å². The zero-order valence-corrected chi connectivity index (χ0v) is 11.6. The molecule has 5 N–H and O–H groups in total. The zero-order valence-electron chi connectivity index (χ0n) is 10.6. The normalized spacial score (nSPS) is 15.0. The summed E-state index contributed by atoms with van der Waals surface area (Å²) in [5.74, 6) is 0. The first-order valence-corrected chi connectivity index (χ1v) is 8.51. The molecule has 0 aliphatic heterocycles. The van der Waals surface area contributed by atoms with Gasteiger partial charge in [0.25, 0.3) is 0 Å². The summed E-state index contributed by atoms with van der Waals surface area (Å²) in [6.45, 7) is 4.97. The van der Waals surface area contributed by atoms with E-state index < -0.39 is 8.56 Å². The van der Waals surface area contributed by atoms with Crippen molar-refractivity contribution in [3.63, 3.8) is 0 Å². The minimum Gasteiger partial charge on any atom is -0.398 e. The zero-order chi connectivity index (χ0) is 12.3. The van der Waals surface area contributed by atoms with E-state index in [9.17, 15) is 0 Å². The Labute approximate surface area is 100 Å². The van der Waals surface area contributed by atoms with E-state index in [2.05, 4.69) is 11.9 Å². The Balaban J connectivity index is 3.41. The monoisotopic (exact) mass is 249 g/mol. The molecule has 0 saturated carbocycles. The maximum atomic E-state index is 5.49. The number of hydrogen-bond acceptors (Lipinski definition) is 5. The van der Waals surface area contributed by atoms with Gasteiger partial charge in [-0.1, -0.05) is 12.8 Å². The van der Waals surface area contributed by atoms with Gasteiger partial charge in [-0.2, -0.15) is 0 Å². The highest BCUT2D eigenvalue weighted by molar-refractivity contribution is 6.65. The third-order valence-corrected chi connectivity index (χ3v) is 5.53. The summed E-state index contributed by atoms with van der Waals surface area (Å²) >= 11 is 0. The average molecular weight is 249 g/mol. The molecule has 0 aromatic heterocycles. The van der Waals surface area contributed by atoms with Crippen molar-refractivity contribution in [1.82, 2.24) is 5.32 Å². The van der Waals surface area contributed by atoms with Crippen molar-refractivity contribution >= 4 is 8.56 Å². The molecule has 0 heterocycles. The maximum absolute atomic E-state index is 5.49. The van der Waals surface area contributed by atoms with Crippen LogP contribution in [0, 0.1) is 0 Å². The van der Waals surface area contributed by atoms with Gasteiger partial charge in [-0.05, 0) is 25.6 Å². The lowest BCUT2D eigenvalue weighted by Crippen LogP contribution is -2.39. The van der Waals surface area contributed by atoms with Crippen molar-refractivity contribution in [2.75, 3.05) is 33.5 Å². The molecule has 0 rings (SSSR count). The molecular weight excluding hydrogens is 222 g/mol. The molecule has 0 aliphatic carbocycles. The highest BCUT2D eigenvalue weighted by Crippen LogP contribution is 2.16. The van der Waals surface area contributed by atoms with E-state index in [1.807, 2.05) is 0 Å². The predicted octanol–water partition coefficient (Wildman–Crippen LogP) is 0.356. The van der Waals surface area contributed by atoms with Crippen molar-refractivity contribution in [3.05, 3.63) is 0 Å². The molecule has 6 heteroatoms. The molecule has 0 aromatic rings. The van der Waals surface area contributed by atoms with Gasteiger partial charge < -0.3 is 25.6 Å². The summed E-state index contributed by atoms with van der Waals surface area (Å²) in [5.41, 5.74) is 10.8. The lowest BCUT2D eigenvalue weighted by atomic mass is 10.2. The van der Waals surface area contributed by atoms with E-state index in [1.165, 1.54) is 12.8 Å². The first-order valence-electron chi connectivity index (χ1n) is 5.98. The van der Waals surface area contributed by atoms with E-state index in [1.54, 1.807) is 7.11 Å². The molecule has 0 bridgehead atoms. The van der Waals surface area contributed by atoms with Gasteiger partial charge >= 0.3 is 8.56 Å². The number of nitrogens with one attached hydrogen (secondary N) is 1. The van der Waals surface area contributed by atoms with Crippen LogP contribution < -0.4 is 16.8 Å². The van der Waals surface area contributed by atoms with Crippen molar-refractivity contribution in [2.45, 2.75) is 31.9 Å². The van der Waals surface area contributed by atoms with Gasteiger partial charge in [0.2, 0.25) is 0 Å². The molecule has 0 saturated heterocycles. The fourth-order valence-corrected chi connectivity index (χ4v) is 3.22. The number of rotatable bonds is 11. The molecule has 0 amide bonds. The van der Waals surface area contributed by atoms with Crippen molar-refractivity contribution < 1.29 is 8.85 Å². The Morgan fingerprint density at radius 2 is 1.88 bits per heavy atom. The van der Waals surface area contributed by atoms with Gasteiger partial charge in [0, 0.05) is 20.2 Å². The molecule has 0 aliphatic rings. The largest absolute Gasteiger partial charge is 0.398 e. The van der Waals surface area contributed by atoms with Crippen LogP contribution in [0.25, 0.3) is 0 Å². The summed E-state index contributed by atoms with van der Waals surface area (Å²) in [7, 11) is -0.251. The molecule has 0 fully saturated rings. The third-order valence-electron chi connectivity index (χ3n) is 2.63. The van der Waals surface area contributed by atoms with Crippen LogP contribution >= 0.6 is 0 Å². The number of hydrogen-bond donors (Lipinski definition) is 3. The minimum absolute atomic E-state index is 0.259. The second-order valence-electron chi connectivity index (χ2n) is 4.00. The number of unbranched alkanes of at least 4 members (excludes halogenated alkanes) is 2. The van der Waals surface area contributed by atoms with Gasteiger partial charge in [-0.25, -0.2) is 0 Å². The van der Waals surface area contributed by atoms with Crippen molar-refractivity contribution in [2.24, 2.45) is 11.5 Å². The third kappa shape index (κ3) is 8.20. The van der Waals surface area contributed by atoms with Crippen LogP contribution in [0.2, 0.25) is 12.6 Å². The van der Waals surface area contributed by atoms with Gasteiger partial charge in [0.15, 0.2) is 0 Å². The van der Waals surface area contributed by atoms with E-state index >= 15 is 0 Å². The molecule has 16 heavy (non-hydrogen) atoms. The predicted molar refractivity (Wildman–Crippen MR) is 69.3 cm³/mol. The first-order chi connectivity index (χ1) is 7.68. The summed E-state index contributed by atoms with van der Waals surface area (Å²) in [6, 6.07) is 1.01. The molecule has 0 spiro atoms. The SMILES string of the molecule is CO[Si](C)(CCCCCNCCN)OCN. The highest BCUT2D eigenvalue weighted by atomic mass is 28.4. The number of nitrogens with two attached hydrogens (primary N) is 2. The van der Waals surface area contributed by atoms with Gasteiger partial charge in [0.05, 0.1) is 6.73 Å². The topological polar surface area (TPSA) is 82.5 Å². The standard InChI is InChI=1S/C10H27N3O2Si/c1-14-16(2,15-10-12)9-5-3-4-7-13-8-6-11/h13H,3-12H2,1-2H3. The Morgan fingerprint density at radius 3 is 2.44 bits per heavy atom. The van der Waals surface area contributed by atoms with E-state index in [-0.39, 0.29) is 6.73 Å². The van der Waals surface area contributed by atoms with E-state index in [0.29, 0.717) is 6.54 Å². The minimum atomic E-state index is -1.96. The van der Waals surface area contributed by atoms with Crippen LogP contribution in [-0.2, 0) is 8.85 Å². The lowest BCUT2D eigenvalue weighted by Gasteiger charge is -2.24. The van der Waals surface area contributed by atoms with Gasteiger partial charge in [0.1, 0.15) is 0 Å². The smallest absolute Gasteiger partial charge is 0.335 e. The van der Waals surface area contributed by atoms with Gasteiger partial charge in [-0.15, -0.1) is 0 Å². The molecule has 5 nitrogen and oxygen atoms in total. The first kappa shape index (κ1) is 16.0. The quantitative estimate of drug-likeness (QED) is 0.280. The Kier molecular flexibility index (Phi) is 10.2. The Hall–Kier alpha value is 0.0169. The summed E-state index contributed by atoms with van der Waals surface area (Å²) in [5, 5.41) is 3.28. The Morgan fingerprint density at radius 1 is 1.12 bits per heavy atom. The molecule has 1 atom stereocenters. The van der Waals surface area contributed by atoms with Crippen LogP contribution in [0.5, 0.6) is 0 Å². The highest BCUT2D eigenvalue weighted by Gasteiger charge is 2.28. The van der Waals surface area contributed by atoms with Crippen molar-refractivity contribution in [3.8, 4) is 0 Å². The Bertz CT molecular complexity index is 163. The van der Waals surface area contributed by atoms with Crippen LogP contribution in [0.15, 0.2) is 0 Å². The second-order valence-corrected chi connectivity index (χ2v) is 7.46. The second kappa shape index (κ2) is 10.2. The van der Waals surface area contributed by atoms with Gasteiger partial charge in [-0.3, -0.25) is 0 Å². The molecule has 98 valence electrons. The van der Waals surface area contributed by atoms with Crippen LogP contribution in [0.4, 0.5) is 0 Å². The molecule has 0 aromatic carbocycles. The van der Waals surface area contributed by atoms with E-state index in [4.69, 9.17) is 20.3 Å². The molecular formula is C10H27N3O2Si. The fraction of sp³-hybridized carbons (Fsp3) is 1.00.